The van der Waals surface area contributed by atoms with Gasteiger partial charge < -0.3 is 5.11 Å². The Bertz CT molecular complexity index is 612. The van der Waals surface area contributed by atoms with Gasteiger partial charge in [-0.15, -0.1) is 12.3 Å². The summed E-state index contributed by atoms with van der Waals surface area (Å²) in [7, 11) is 0. The van der Waals surface area contributed by atoms with Crippen LogP contribution in [0.15, 0.2) is 11.6 Å². The van der Waals surface area contributed by atoms with Gasteiger partial charge in [0, 0.05) is 17.8 Å². The topological polar surface area (TPSA) is 37.3 Å². The largest absolute Gasteiger partial charge is 0.392 e. The van der Waals surface area contributed by atoms with E-state index in [-0.39, 0.29) is 22.9 Å². The summed E-state index contributed by atoms with van der Waals surface area (Å²) in [6.07, 6.45) is 14.5. The molecular weight excluding hydrogens is 284 g/mol. The van der Waals surface area contributed by atoms with E-state index in [0.29, 0.717) is 23.5 Å². The van der Waals surface area contributed by atoms with Gasteiger partial charge in [-0.25, -0.2) is 0 Å². The Morgan fingerprint density at radius 1 is 1.26 bits per heavy atom. The Morgan fingerprint density at radius 3 is 2.74 bits per heavy atom. The molecule has 0 spiro atoms. The number of aliphatic hydroxyl groups excluding tert-OH is 1. The summed E-state index contributed by atoms with van der Waals surface area (Å²) in [5.41, 5.74) is 1.50. The second kappa shape index (κ2) is 4.96. The second-order valence-corrected chi connectivity index (χ2v) is 8.93. The van der Waals surface area contributed by atoms with Crippen molar-refractivity contribution < 1.29 is 9.90 Å². The van der Waals surface area contributed by atoms with Crippen LogP contribution in [0, 0.1) is 46.8 Å². The molecule has 2 nitrogen and oxygen atoms in total. The van der Waals surface area contributed by atoms with E-state index in [1.54, 1.807) is 0 Å². The highest BCUT2D eigenvalue weighted by molar-refractivity contribution is 5.87. The van der Waals surface area contributed by atoms with Crippen molar-refractivity contribution in [2.45, 2.75) is 64.9 Å². The molecule has 4 rings (SSSR count). The Balaban J connectivity index is 1.70. The quantitative estimate of drug-likeness (QED) is 0.546. The van der Waals surface area contributed by atoms with E-state index in [0.717, 1.165) is 44.9 Å². The molecule has 0 aliphatic heterocycles. The van der Waals surface area contributed by atoms with Gasteiger partial charge in [-0.2, -0.15) is 0 Å². The molecule has 4 aliphatic rings. The van der Waals surface area contributed by atoms with Crippen LogP contribution in [0.5, 0.6) is 0 Å². The van der Waals surface area contributed by atoms with Crippen LogP contribution in [0.4, 0.5) is 0 Å². The van der Waals surface area contributed by atoms with E-state index in [1.165, 1.54) is 5.57 Å². The molecule has 3 saturated carbocycles. The number of terminal acetylenes is 1. The molecule has 23 heavy (non-hydrogen) atoms. The number of rotatable bonds is 0. The lowest BCUT2D eigenvalue weighted by Crippen LogP contribution is -2.51. The number of ketones is 1. The van der Waals surface area contributed by atoms with Crippen molar-refractivity contribution in [2.75, 3.05) is 0 Å². The van der Waals surface area contributed by atoms with Gasteiger partial charge in [-0.3, -0.25) is 4.79 Å². The first-order valence-electron chi connectivity index (χ1n) is 9.27. The first kappa shape index (κ1) is 15.5. The zero-order valence-electron chi connectivity index (χ0n) is 14.3. The van der Waals surface area contributed by atoms with Crippen molar-refractivity contribution in [2.24, 2.45) is 34.5 Å². The van der Waals surface area contributed by atoms with Crippen LogP contribution >= 0.6 is 0 Å². The van der Waals surface area contributed by atoms with Crippen LogP contribution in [0.3, 0.4) is 0 Å². The lowest BCUT2D eigenvalue weighted by atomic mass is 9.47. The van der Waals surface area contributed by atoms with Gasteiger partial charge >= 0.3 is 0 Å². The maximum absolute atomic E-state index is 12.4. The van der Waals surface area contributed by atoms with Crippen LogP contribution in [0.2, 0.25) is 0 Å². The van der Waals surface area contributed by atoms with Crippen LogP contribution in [0.1, 0.15) is 58.8 Å². The van der Waals surface area contributed by atoms with Crippen molar-refractivity contribution in [1.82, 2.24) is 0 Å². The minimum Gasteiger partial charge on any atom is -0.392 e. The molecule has 0 unspecified atom stereocenters. The maximum Gasteiger partial charge on any atom is 0.139 e. The maximum atomic E-state index is 12.4. The number of hydrogen-bond donors (Lipinski definition) is 1. The molecule has 3 fully saturated rings. The summed E-state index contributed by atoms with van der Waals surface area (Å²) in [6, 6.07) is 0. The van der Waals surface area contributed by atoms with Gasteiger partial charge in [0.25, 0.3) is 0 Å². The Labute approximate surface area is 139 Å². The third-order valence-corrected chi connectivity index (χ3v) is 8.09. The number of fused-ring (bicyclic) bond motifs is 5. The van der Waals surface area contributed by atoms with Gasteiger partial charge in [0.05, 0.1) is 6.10 Å². The fourth-order valence-electron chi connectivity index (χ4n) is 6.66. The highest BCUT2D eigenvalue weighted by atomic mass is 16.3. The Kier molecular flexibility index (Phi) is 3.34. The smallest absolute Gasteiger partial charge is 0.139 e. The molecule has 124 valence electrons. The molecule has 1 N–H and O–H groups in total. The predicted octanol–water partition coefficient (Wildman–Crippen LogP) is 3.74. The number of Topliss-reactive ketones (excluding diaryl/α,β-unsaturated/α-hetero) is 1. The average Bonchev–Trinajstić information content (AvgIpc) is 2.83. The highest BCUT2D eigenvalue weighted by Crippen LogP contribution is 2.64. The minimum absolute atomic E-state index is 0.0191. The third-order valence-electron chi connectivity index (χ3n) is 8.09. The highest BCUT2D eigenvalue weighted by Gasteiger charge is 2.59. The fourth-order valence-corrected chi connectivity index (χ4v) is 6.66. The lowest BCUT2D eigenvalue weighted by molar-refractivity contribution is -0.132. The summed E-state index contributed by atoms with van der Waals surface area (Å²) in [6.45, 7) is 4.60. The van der Waals surface area contributed by atoms with Crippen LogP contribution in [-0.2, 0) is 4.79 Å². The van der Waals surface area contributed by atoms with E-state index in [9.17, 15) is 9.90 Å². The van der Waals surface area contributed by atoms with Gasteiger partial charge in [0.15, 0.2) is 0 Å². The van der Waals surface area contributed by atoms with Crippen LogP contribution in [0.25, 0.3) is 0 Å². The summed E-state index contributed by atoms with van der Waals surface area (Å²) in [5, 5.41) is 10.3. The molecular formula is C21H28O2. The SMILES string of the molecule is C#C[C@@H]1C[C@@]2(C)C(=CC[C@@H]3[C@@H]2CC[C@]2(C)C(=O)CC[C@@H]32)C[C@H]1O. The van der Waals surface area contributed by atoms with Crippen molar-refractivity contribution >= 4 is 5.78 Å². The van der Waals surface area contributed by atoms with Crippen molar-refractivity contribution in [1.29, 1.82) is 0 Å². The molecule has 0 saturated heterocycles. The summed E-state index contributed by atoms with van der Waals surface area (Å²) in [4.78, 5) is 12.4. The fraction of sp³-hybridized carbons (Fsp3) is 0.762. The summed E-state index contributed by atoms with van der Waals surface area (Å²) in [5.74, 6) is 5.14. The number of hydrogen-bond acceptors (Lipinski definition) is 2. The van der Waals surface area contributed by atoms with E-state index in [2.05, 4.69) is 25.8 Å². The monoisotopic (exact) mass is 312 g/mol. The van der Waals surface area contributed by atoms with Gasteiger partial charge in [-0.05, 0) is 61.7 Å². The molecule has 0 radical (unpaired) electrons. The second-order valence-electron chi connectivity index (χ2n) is 8.93. The zero-order chi connectivity index (χ0) is 16.4. The molecule has 7 atom stereocenters. The molecule has 0 bridgehead atoms. The lowest BCUT2D eigenvalue weighted by Gasteiger charge is -2.57. The zero-order valence-corrected chi connectivity index (χ0v) is 14.3. The van der Waals surface area contributed by atoms with Crippen molar-refractivity contribution in [3.63, 3.8) is 0 Å². The minimum atomic E-state index is -0.377. The van der Waals surface area contributed by atoms with E-state index < -0.39 is 0 Å². The normalized spacial score (nSPS) is 52.0. The standard InChI is InChI=1S/C21H28O2/c1-4-13-12-21(3)14(11-18(13)22)5-6-15-16-7-8-19(23)20(16,2)10-9-17(15)21/h1,5,13,15-18,22H,6-12H2,2-3H3/t13-,15+,16+,17+,18-,20+,21+/m1/s1. The molecule has 0 heterocycles. The number of allylic oxidation sites excluding steroid dienone is 1. The van der Waals surface area contributed by atoms with Gasteiger partial charge in [0.1, 0.15) is 5.78 Å². The van der Waals surface area contributed by atoms with E-state index >= 15 is 0 Å². The van der Waals surface area contributed by atoms with Gasteiger partial charge in [0.2, 0.25) is 0 Å². The Hall–Kier alpha value is -1.07. The first-order valence-corrected chi connectivity index (χ1v) is 9.27. The van der Waals surface area contributed by atoms with Crippen LogP contribution in [-0.4, -0.2) is 17.0 Å². The van der Waals surface area contributed by atoms with E-state index in [4.69, 9.17) is 6.42 Å². The van der Waals surface area contributed by atoms with Crippen molar-refractivity contribution in [3.05, 3.63) is 11.6 Å². The number of aliphatic hydroxyl groups is 1. The molecule has 4 aliphatic carbocycles. The summed E-state index contributed by atoms with van der Waals surface area (Å²) < 4.78 is 0. The summed E-state index contributed by atoms with van der Waals surface area (Å²) >= 11 is 0. The van der Waals surface area contributed by atoms with Crippen molar-refractivity contribution in [3.8, 4) is 12.3 Å². The molecule has 0 aromatic heterocycles. The molecule has 0 aromatic carbocycles. The molecule has 0 amide bonds. The number of carbonyl (C=O) groups is 1. The number of carbonyl (C=O) groups excluding carboxylic acids is 1. The van der Waals surface area contributed by atoms with Gasteiger partial charge in [-0.1, -0.05) is 25.5 Å². The van der Waals surface area contributed by atoms with E-state index in [1.807, 2.05) is 0 Å². The predicted molar refractivity (Wildman–Crippen MR) is 90.4 cm³/mol. The Morgan fingerprint density at radius 2 is 2.00 bits per heavy atom. The van der Waals surface area contributed by atoms with Crippen LogP contribution < -0.4 is 0 Å². The third kappa shape index (κ3) is 1.96. The molecule has 2 heteroatoms. The molecule has 0 aromatic rings. The first-order chi connectivity index (χ1) is 10.9. The average molecular weight is 312 g/mol.